The van der Waals surface area contributed by atoms with Gasteiger partial charge in [-0.1, -0.05) is 13.8 Å². The molecule has 13 heavy (non-hydrogen) atoms. The lowest BCUT2D eigenvalue weighted by Gasteiger charge is -2.13. The van der Waals surface area contributed by atoms with Crippen molar-refractivity contribution >= 4 is 5.91 Å². The van der Waals surface area contributed by atoms with E-state index in [4.69, 9.17) is 5.11 Å². The van der Waals surface area contributed by atoms with Crippen molar-refractivity contribution in [3.63, 3.8) is 0 Å². The first-order chi connectivity index (χ1) is 5.99. The van der Waals surface area contributed by atoms with E-state index in [0.29, 0.717) is 6.42 Å². The molecule has 0 saturated carbocycles. The average molecular weight is 195 g/mol. The van der Waals surface area contributed by atoms with Crippen molar-refractivity contribution in [3.05, 3.63) is 0 Å². The van der Waals surface area contributed by atoms with Crippen LogP contribution in [-0.4, -0.2) is 30.1 Å². The first-order valence-electron chi connectivity index (χ1n) is 4.23. The molecule has 0 bridgehead atoms. The number of amides is 1. The molecule has 2 atom stereocenters. The Hall–Kier alpha value is -0.710. The van der Waals surface area contributed by atoms with Gasteiger partial charge in [0, 0.05) is 12.5 Å². The van der Waals surface area contributed by atoms with Crippen LogP contribution in [0.25, 0.3) is 0 Å². The van der Waals surface area contributed by atoms with Gasteiger partial charge in [-0.3, -0.25) is 4.79 Å². The molecule has 1 amide bonds. The predicted molar refractivity (Wildman–Crippen MR) is 44.5 cm³/mol. The maximum absolute atomic E-state index is 11.8. The fourth-order valence-electron chi connectivity index (χ4n) is 0.654. The summed E-state index contributed by atoms with van der Waals surface area (Å²) in [5, 5.41) is 10.9. The molecule has 2 unspecified atom stereocenters. The van der Waals surface area contributed by atoms with Gasteiger partial charge in [0.15, 0.2) is 0 Å². The van der Waals surface area contributed by atoms with Crippen LogP contribution in [0.1, 0.15) is 20.3 Å². The molecule has 0 aromatic carbocycles. The zero-order valence-electron chi connectivity index (χ0n) is 7.76. The van der Waals surface area contributed by atoms with E-state index in [0.717, 1.165) is 0 Å². The largest absolute Gasteiger partial charge is 0.385 e. The number of aliphatic hydroxyl groups is 1. The molecule has 0 aromatic heterocycles. The molecule has 0 fully saturated rings. The number of halogens is 2. The van der Waals surface area contributed by atoms with Gasteiger partial charge in [0.05, 0.1) is 0 Å². The first-order valence-corrected chi connectivity index (χ1v) is 4.23. The Morgan fingerprint density at radius 1 is 1.54 bits per heavy atom. The van der Waals surface area contributed by atoms with Gasteiger partial charge in [-0.25, -0.2) is 8.78 Å². The van der Waals surface area contributed by atoms with E-state index in [1.165, 1.54) is 0 Å². The molecule has 0 saturated heterocycles. The van der Waals surface area contributed by atoms with E-state index in [-0.39, 0.29) is 18.4 Å². The van der Waals surface area contributed by atoms with E-state index in [1.807, 2.05) is 6.92 Å². The summed E-state index contributed by atoms with van der Waals surface area (Å²) in [5.74, 6) is -0.507. The van der Waals surface area contributed by atoms with Crippen molar-refractivity contribution in [2.45, 2.75) is 32.8 Å². The molecule has 0 aliphatic carbocycles. The van der Waals surface area contributed by atoms with Crippen molar-refractivity contribution in [2.24, 2.45) is 5.92 Å². The quantitative estimate of drug-likeness (QED) is 0.681. The summed E-state index contributed by atoms with van der Waals surface area (Å²) in [6.07, 6.45) is -3.93. The van der Waals surface area contributed by atoms with E-state index in [1.54, 1.807) is 6.92 Å². The monoisotopic (exact) mass is 195 g/mol. The molecular weight excluding hydrogens is 180 g/mol. The summed E-state index contributed by atoms with van der Waals surface area (Å²) < 4.78 is 23.5. The van der Waals surface area contributed by atoms with Gasteiger partial charge in [0.25, 0.3) is 6.43 Å². The molecule has 0 radical (unpaired) electrons. The third kappa shape index (κ3) is 4.77. The minimum atomic E-state index is -2.81. The Labute approximate surface area is 76.1 Å². The maximum atomic E-state index is 11.8. The summed E-state index contributed by atoms with van der Waals surface area (Å²) in [6.45, 7) is 3.14. The summed E-state index contributed by atoms with van der Waals surface area (Å²) >= 11 is 0. The topological polar surface area (TPSA) is 49.3 Å². The van der Waals surface area contributed by atoms with Crippen LogP contribution >= 0.6 is 0 Å². The van der Waals surface area contributed by atoms with Crippen LogP contribution < -0.4 is 5.32 Å². The van der Waals surface area contributed by atoms with E-state index in [2.05, 4.69) is 5.32 Å². The Balaban J connectivity index is 3.70. The first kappa shape index (κ1) is 12.3. The molecular formula is C8H15F2NO2. The van der Waals surface area contributed by atoms with Gasteiger partial charge in [0.2, 0.25) is 5.91 Å². The molecule has 0 rings (SSSR count). The summed E-state index contributed by atoms with van der Waals surface area (Å²) in [6, 6.07) is 0. The number of rotatable bonds is 5. The van der Waals surface area contributed by atoms with Crippen molar-refractivity contribution in [2.75, 3.05) is 6.54 Å². The molecule has 0 aliphatic heterocycles. The molecule has 2 N–H and O–H groups in total. The lowest BCUT2D eigenvalue weighted by Crippen LogP contribution is -2.38. The van der Waals surface area contributed by atoms with Crippen LogP contribution in [0, 0.1) is 5.92 Å². The SMILES string of the molecule is CCC(C)C(=O)NCC(O)C(F)F. The minimum Gasteiger partial charge on any atom is -0.385 e. The Kier molecular flexibility index (Phi) is 5.53. The highest BCUT2D eigenvalue weighted by atomic mass is 19.3. The second-order valence-electron chi connectivity index (χ2n) is 2.96. The Bertz CT molecular complexity index is 164. The Morgan fingerprint density at radius 3 is 2.46 bits per heavy atom. The maximum Gasteiger partial charge on any atom is 0.265 e. The normalized spacial score (nSPS) is 15.5. The van der Waals surface area contributed by atoms with E-state index < -0.39 is 12.5 Å². The molecule has 0 aromatic rings. The average Bonchev–Trinajstić information content (AvgIpc) is 2.11. The van der Waals surface area contributed by atoms with Crippen molar-refractivity contribution in [1.82, 2.24) is 5.32 Å². The van der Waals surface area contributed by atoms with Gasteiger partial charge >= 0.3 is 0 Å². The van der Waals surface area contributed by atoms with Gasteiger partial charge in [-0.05, 0) is 6.42 Å². The lowest BCUT2D eigenvalue weighted by atomic mass is 10.1. The standard InChI is InChI=1S/C8H15F2NO2/c1-3-5(2)8(13)11-4-6(12)7(9)10/h5-7,12H,3-4H2,1-2H3,(H,11,13). The smallest absolute Gasteiger partial charge is 0.265 e. The summed E-state index contributed by atoms with van der Waals surface area (Å²) in [5.41, 5.74) is 0. The van der Waals surface area contributed by atoms with E-state index in [9.17, 15) is 13.6 Å². The van der Waals surface area contributed by atoms with Crippen molar-refractivity contribution in [1.29, 1.82) is 0 Å². The predicted octanol–water partition coefficient (Wildman–Crippen LogP) is 0.775. The number of hydrogen-bond acceptors (Lipinski definition) is 2. The summed E-state index contributed by atoms with van der Waals surface area (Å²) in [4.78, 5) is 11.0. The highest BCUT2D eigenvalue weighted by molar-refractivity contribution is 5.78. The van der Waals surface area contributed by atoms with Crippen molar-refractivity contribution < 1.29 is 18.7 Å². The number of aliphatic hydroxyl groups excluding tert-OH is 1. The highest BCUT2D eigenvalue weighted by Crippen LogP contribution is 2.02. The van der Waals surface area contributed by atoms with Crippen LogP contribution in [0.4, 0.5) is 8.78 Å². The molecule has 5 heteroatoms. The molecule has 0 spiro atoms. The highest BCUT2D eigenvalue weighted by Gasteiger charge is 2.18. The minimum absolute atomic E-state index is 0.204. The number of carbonyl (C=O) groups excluding carboxylic acids is 1. The zero-order chi connectivity index (χ0) is 10.4. The third-order valence-electron chi connectivity index (χ3n) is 1.84. The van der Waals surface area contributed by atoms with Crippen molar-refractivity contribution in [3.8, 4) is 0 Å². The number of nitrogens with one attached hydrogen (secondary N) is 1. The van der Waals surface area contributed by atoms with Crippen LogP contribution in [0.3, 0.4) is 0 Å². The fourth-order valence-corrected chi connectivity index (χ4v) is 0.654. The lowest BCUT2D eigenvalue weighted by molar-refractivity contribution is -0.125. The Morgan fingerprint density at radius 2 is 2.08 bits per heavy atom. The number of alkyl halides is 2. The van der Waals surface area contributed by atoms with Crippen LogP contribution in [-0.2, 0) is 4.79 Å². The summed E-state index contributed by atoms with van der Waals surface area (Å²) in [7, 11) is 0. The zero-order valence-corrected chi connectivity index (χ0v) is 7.76. The van der Waals surface area contributed by atoms with Crippen LogP contribution in [0.2, 0.25) is 0 Å². The number of carbonyl (C=O) groups is 1. The molecule has 3 nitrogen and oxygen atoms in total. The van der Waals surface area contributed by atoms with Crippen LogP contribution in [0.15, 0.2) is 0 Å². The molecule has 0 heterocycles. The van der Waals surface area contributed by atoms with Gasteiger partial charge in [0.1, 0.15) is 6.10 Å². The van der Waals surface area contributed by atoms with Gasteiger partial charge in [-0.15, -0.1) is 0 Å². The van der Waals surface area contributed by atoms with Gasteiger partial charge in [-0.2, -0.15) is 0 Å². The third-order valence-corrected chi connectivity index (χ3v) is 1.84. The fraction of sp³-hybridized carbons (Fsp3) is 0.875. The molecule has 78 valence electrons. The number of hydrogen-bond donors (Lipinski definition) is 2. The van der Waals surface area contributed by atoms with Gasteiger partial charge < -0.3 is 10.4 Å². The second-order valence-corrected chi connectivity index (χ2v) is 2.96. The molecule has 0 aliphatic rings. The second kappa shape index (κ2) is 5.85. The van der Waals surface area contributed by atoms with Crippen LogP contribution in [0.5, 0.6) is 0 Å². The van der Waals surface area contributed by atoms with E-state index >= 15 is 0 Å².